The molecule has 2 heterocycles. The highest BCUT2D eigenvalue weighted by Gasteiger charge is 2.29. The lowest BCUT2D eigenvalue weighted by Crippen LogP contribution is -2.23. The van der Waals surface area contributed by atoms with Crippen LogP contribution in [0, 0.1) is 21.3 Å². The van der Waals surface area contributed by atoms with Crippen LogP contribution < -0.4 is 5.32 Å². The summed E-state index contributed by atoms with van der Waals surface area (Å²) in [5.41, 5.74) is -0.268. The molecule has 9 nitrogen and oxygen atoms in total. The highest BCUT2D eigenvalue weighted by Crippen LogP contribution is 2.32. The van der Waals surface area contributed by atoms with Gasteiger partial charge in [0.2, 0.25) is 5.82 Å². The molecule has 1 aliphatic rings. The van der Waals surface area contributed by atoms with E-state index in [4.69, 9.17) is 10.00 Å². The number of hydrogen-bond donors (Lipinski definition) is 1. The second-order valence-electron chi connectivity index (χ2n) is 5.08. The van der Waals surface area contributed by atoms with Crippen molar-refractivity contribution < 1.29 is 14.5 Å². The van der Waals surface area contributed by atoms with Gasteiger partial charge in [-0.05, 0) is 19.8 Å². The first-order chi connectivity index (χ1) is 10.5. The molecule has 1 fully saturated rings. The van der Waals surface area contributed by atoms with Gasteiger partial charge in [-0.3, -0.25) is 20.1 Å². The first kappa shape index (κ1) is 15.8. The Balaban J connectivity index is 2.15. The Bertz CT molecular complexity index is 603. The Hall–Kier alpha value is -2.57. The molecule has 10 heteroatoms. The van der Waals surface area contributed by atoms with Gasteiger partial charge in [0.1, 0.15) is 6.20 Å². The van der Waals surface area contributed by atoms with Crippen LogP contribution in [-0.4, -0.2) is 34.1 Å². The van der Waals surface area contributed by atoms with E-state index in [1.807, 2.05) is 0 Å². The summed E-state index contributed by atoms with van der Waals surface area (Å²) in [5.74, 6) is 2.12. The van der Waals surface area contributed by atoms with E-state index >= 15 is 0 Å². The largest absolute Gasteiger partial charge is 0.450 e. The minimum Gasteiger partial charge on any atom is -0.450 e. The fraction of sp³-hybridized carbons (Fsp3) is 0.583. The molecule has 22 heavy (non-hydrogen) atoms. The van der Waals surface area contributed by atoms with Crippen molar-refractivity contribution in [1.29, 1.82) is 5.26 Å². The number of nitrogens with zero attached hydrogens (tertiary/aromatic N) is 4. The molecule has 0 spiro atoms. The monoisotopic (exact) mass is 305 g/mol. The first-order valence-corrected chi connectivity index (χ1v) is 7.12. The van der Waals surface area contributed by atoms with Crippen molar-refractivity contribution in [3.63, 3.8) is 0 Å². The number of ether oxygens (including phenoxy) is 1. The van der Waals surface area contributed by atoms with Gasteiger partial charge < -0.3 is 4.74 Å². The second kappa shape index (κ2) is 6.93. The van der Waals surface area contributed by atoms with Crippen molar-refractivity contribution >= 4 is 24.3 Å². The first-order valence-electron chi connectivity index (χ1n) is 7.12. The molecule has 0 saturated carbocycles. The van der Waals surface area contributed by atoms with Gasteiger partial charge in [0.25, 0.3) is 6.71 Å². The van der Waals surface area contributed by atoms with E-state index in [1.54, 1.807) is 6.92 Å². The van der Waals surface area contributed by atoms with E-state index in [2.05, 4.69) is 16.4 Å². The van der Waals surface area contributed by atoms with E-state index in [0.29, 0.717) is 0 Å². The average molecular weight is 305 g/mol. The number of nitrogens with one attached hydrogen (secondary N) is 1. The van der Waals surface area contributed by atoms with E-state index in [0.717, 1.165) is 25.5 Å². The van der Waals surface area contributed by atoms with Gasteiger partial charge in [0.05, 0.1) is 17.6 Å². The summed E-state index contributed by atoms with van der Waals surface area (Å²) in [7, 11) is 0. The van der Waals surface area contributed by atoms with Crippen molar-refractivity contribution in [2.75, 3.05) is 11.9 Å². The fourth-order valence-corrected chi connectivity index (χ4v) is 2.53. The number of aromatic nitrogens is 2. The molecule has 1 amide bonds. The van der Waals surface area contributed by atoms with Crippen molar-refractivity contribution in [1.82, 2.24) is 9.78 Å². The third kappa shape index (κ3) is 3.55. The van der Waals surface area contributed by atoms with Crippen LogP contribution in [0.15, 0.2) is 6.20 Å². The van der Waals surface area contributed by atoms with Gasteiger partial charge in [-0.15, -0.1) is 5.10 Å². The Morgan fingerprint density at radius 1 is 1.68 bits per heavy atom. The standard InChI is InChI=1S/C12H16BN5O4/c1-2-22-12(19)15-11-10(18(20)21)7-17(16-11)9-3-5-13(8-14)6-4-9/h7,9H,2-6H2,1H3,(H,15,16,19). The molecule has 0 aliphatic carbocycles. The van der Waals surface area contributed by atoms with Crippen LogP contribution in [0.3, 0.4) is 0 Å². The predicted molar refractivity (Wildman–Crippen MR) is 78.8 cm³/mol. The Kier molecular flexibility index (Phi) is 4.98. The second-order valence-corrected chi connectivity index (χ2v) is 5.08. The molecule has 0 radical (unpaired) electrons. The van der Waals surface area contributed by atoms with Gasteiger partial charge in [0.15, 0.2) is 0 Å². The van der Waals surface area contributed by atoms with Gasteiger partial charge in [-0.1, -0.05) is 12.6 Å². The summed E-state index contributed by atoms with van der Waals surface area (Å²) in [6.45, 7) is 1.84. The van der Waals surface area contributed by atoms with Crippen LogP contribution in [0.2, 0.25) is 12.6 Å². The molecule has 1 aromatic heterocycles. The molecule has 0 aromatic carbocycles. The molecule has 2 rings (SSSR count). The maximum absolute atomic E-state index is 11.4. The molecule has 1 aliphatic heterocycles. The lowest BCUT2D eigenvalue weighted by Gasteiger charge is -2.23. The third-order valence-electron chi connectivity index (χ3n) is 3.66. The van der Waals surface area contributed by atoms with Gasteiger partial charge >= 0.3 is 11.8 Å². The molecule has 0 unspecified atom stereocenters. The van der Waals surface area contributed by atoms with Crippen LogP contribution in [0.25, 0.3) is 0 Å². The number of carbonyl (C=O) groups is 1. The topological polar surface area (TPSA) is 123 Å². The molecule has 1 aromatic rings. The molecule has 1 saturated heterocycles. The van der Waals surface area contributed by atoms with Crippen LogP contribution in [0.1, 0.15) is 25.8 Å². The molecular weight excluding hydrogens is 289 g/mol. The van der Waals surface area contributed by atoms with Crippen molar-refractivity contribution in [3.8, 4) is 5.97 Å². The lowest BCUT2D eigenvalue weighted by atomic mass is 9.42. The highest BCUT2D eigenvalue weighted by atomic mass is 16.6. The maximum atomic E-state index is 11.4. The number of nitriles is 1. The molecule has 0 atom stereocenters. The van der Waals surface area contributed by atoms with Crippen LogP contribution in [0.4, 0.5) is 16.3 Å². The minimum atomic E-state index is -0.774. The molecule has 0 bridgehead atoms. The van der Waals surface area contributed by atoms with Crippen LogP contribution in [0.5, 0.6) is 0 Å². The predicted octanol–water partition coefficient (Wildman–Crippen LogP) is 2.25. The van der Waals surface area contributed by atoms with E-state index in [9.17, 15) is 14.9 Å². The quantitative estimate of drug-likeness (QED) is 0.517. The molecule has 116 valence electrons. The van der Waals surface area contributed by atoms with Crippen molar-refractivity contribution in [3.05, 3.63) is 16.3 Å². The third-order valence-corrected chi connectivity index (χ3v) is 3.66. The number of carbonyl (C=O) groups excluding carboxylic acids is 1. The summed E-state index contributed by atoms with van der Waals surface area (Å²) in [6, 6.07) is 0.000968. The Morgan fingerprint density at radius 3 is 2.91 bits per heavy atom. The van der Waals surface area contributed by atoms with E-state index in [1.165, 1.54) is 10.9 Å². The Morgan fingerprint density at radius 2 is 2.36 bits per heavy atom. The number of amides is 1. The Labute approximate surface area is 127 Å². The van der Waals surface area contributed by atoms with E-state index in [-0.39, 0.29) is 30.9 Å². The lowest BCUT2D eigenvalue weighted by molar-refractivity contribution is -0.384. The van der Waals surface area contributed by atoms with Gasteiger partial charge in [0, 0.05) is 5.97 Å². The number of nitro groups is 1. The molecular formula is C12H16BN5O4. The van der Waals surface area contributed by atoms with Crippen molar-refractivity contribution in [2.24, 2.45) is 0 Å². The summed E-state index contributed by atoms with van der Waals surface area (Å²) in [4.78, 5) is 21.9. The smallest absolute Gasteiger partial charge is 0.413 e. The minimum absolute atomic E-state index is 0.000968. The maximum Gasteiger partial charge on any atom is 0.413 e. The highest BCUT2D eigenvalue weighted by molar-refractivity contribution is 6.67. The fourth-order valence-electron chi connectivity index (χ4n) is 2.53. The zero-order valence-electron chi connectivity index (χ0n) is 12.2. The van der Waals surface area contributed by atoms with Crippen LogP contribution in [-0.2, 0) is 4.74 Å². The van der Waals surface area contributed by atoms with Crippen molar-refractivity contribution in [2.45, 2.75) is 38.4 Å². The van der Waals surface area contributed by atoms with Gasteiger partial charge in [-0.2, -0.15) is 0 Å². The van der Waals surface area contributed by atoms with Crippen LogP contribution >= 0.6 is 0 Å². The van der Waals surface area contributed by atoms with E-state index < -0.39 is 11.0 Å². The summed E-state index contributed by atoms with van der Waals surface area (Å²) in [6.07, 6.45) is 3.50. The normalized spacial score (nSPS) is 15.2. The average Bonchev–Trinajstić information content (AvgIpc) is 2.91. The molecule has 1 N–H and O–H groups in total. The summed E-state index contributed by atoms with van der Waals surface area (Å²) in [5, 5.41) is 26.4. The zero-order valence-corrected chi connectivity index (χ0v) is 12.2. The number of anilines is 1. The zero-order chi connectivity index (χ0) is 16.1. The summed E-state index contributed by atoms with van der Waals surface area (Å²) >= 11 is 0. The SMILES string of the molecule is CCOC(=O)Nc1nn(C2CCB(C#N)CC2)cc1[N+](=O)[O-]. The number of rotatable bonds is 4. The number of hydrogen-bond acceptors (Lipinski definition) is 6. The summed E-state index contributed by atoms with van der Waals surface area (Å²) < 4.78 is 6.21. The van der Waals surface area contributed by atoms with Gasteiger partial charge in [-0.25, -0.2) is 10.1 Å².